The molecule has 0 aliphatic heterocycles. The van der Waals surface area contributed by atoms with Crippen LogP contribution >= 0.6 is 0 Å². The highest BCUT2D eigenvalue weighted by Gasteiger charge is 2.09. The minimum atomic E-state index is -0.885. The quantitative estimate of drug-likeness (QED) is 0.585. The Morgan fingerprint density at radius 1 is 1.28 bits per heavy atom. The van der Waals surface area contributed by atoms with Gasteiger partial charge in [0, 0.05) is 11.6 Å². The average Bonchev–Trinajstić information content (AvgIpc) is 2.36. The number of carboxylic acid groups (broad SMARTS) is 1. The van der Waals surface area contributed by atoms with Gasteiger partial charge in [-0.05, 0) is 25.7 Å². The molecule has 0 saturated carbocycles. The molecule has 0 fully saturated rings. The van der Waals surface area contributed by atoms with Gasteiger partial charge in [-0.25, -0.2) is 9.59 Å². The monoisotopic (exact) mass is 256 g/mol. The lowest BCUT2D eigenvalue weighted by molar-refractivity contribution is -0.142. The van der Waals surface area contributed by atoms with Gasteiger partial charge >= 0.3 is 11.9 Å². The summed E-state index contributed by atoms with van der Waals surface area (Å²) < 4.78 is 4.79. The van der Waals surface area contributed by atoms with E-state index in [1.807, 2.05) is 27.7 Å². The van der Waals surface area contributed by atoms with Crippen molar-refractivity contribution in [3.8, 4) is 0 Å². The number of carbonyl (C=O) groups is 2. The summed E-state index contributed by atoms with van der Waals surface area (Å²) in [4.78, 5) is 20.6. The van der Waals surface area contributed by atoms with Crippen LogP contribution in [-0.4, -0.2) is 23.1 Å². The van der Waals surface area contributed by atoms with Gasteiger partial charge in [0.1, 0.15) is 0 Å². The molecule has 0 aliphatic carbocycles. The van der Waals surface area contributed by atoms with E-state index in [1.54, 1.807) is 0 Å². The molecule has 0 bridgehead atoms. The van der Waals surface area contributed by atoms with E-state index >= 15 is 0 Å². The lowest BCUT2D eigenvalue weighted by Gasteiger charge is -2.07. The zero-order valence-corrected chi connectivity index (χ0v) is 11.7. The largest absolute Gasteiger partial charge is 0.478 e. The highest BCUT2D eigenvalue weighted by molar-refractivity contribution is 5.86. The van der Waals surface area contributed by atoms with Crippen molar-refractivity contribution in [3.63, 3.8) is 0 Å². The topological polar surface area (TPSA) is 63.6 Å². The highest BCUT2D eigenvalue weighted by atomic mass is 16.5. The summed E-state index contributed by atoms with van der Waals surface area (Å²) in [5, 5.41) is 8.38. The van der Waals surface area contributed by atoms with Crippen LogP contribution in [0.1, 0.15) is 40.5 Å². The summed E-state index contributed by atoms with van der Waals surface area (Å²) in [6.07, 6.45) is 2.87. The minimum Gasteiger partial charge on any atom is -0.478 e. The van der Waals surface area contributed by atoms with Gasteiger partial charge in [-0.3, -0.25) is 0 Å². The second-order valence-corrected chi connectivity index (χ2v) is 4.00. The maximum atomic E-state index is 10.4. The molecule has 0 aromatic rings. The van der Waals surface area contributed by atoms with Gasteiger partial charge in [0.05, 0.1) is 6.10 Å². The normalized spacial score (nSPS) is 12.4. The van der Waals surface area contributed by atoms with E-state index in [-0.39, 0.29) is 18.0 Å². The van der Waals surface area contributed by atoms with Crippen LogP contribution < -0.4 is 0 Å². The average molecular weight is 256 g/mol. The summed E-state index contributed by atoms with van der Waals surface area (Å²) in [6.45, 7) is 14.3. The Labute approximate surface area is 109 Å². The summed E-state index contributed by atoms with van der Waals surface area (Å²) in [7, 11) is 0. The molecule has 2 atom stereocenters. The van der Waals surface area contributed by atoms with Crippen LogP contribution in [0.4, 0.5) is 0 Å². The summed E-state index contributed by atoms with van der Waals surface area (Å²) >= 11 is 0. The fraction of sp³-hybridized carbons (Fsp3) is 0.571. The maximum Gasteiger partial charge on any atom is 0.331 e. The molecule has 0 rings (SSSR count). The molecular weight excluding hydrogens is 232 g/mol. The number of ether oxygens (including phenoxy) is 1. The Balaban J connectivity index is 0. The fourth-order valence-corrected chi connectivity index (χ4v) is 0.787. The van der Waals surface area contributed by atoms with Gasteiger partial charge < -0.3 is 9.84 Å². The SMILES string of the molecule is C=C(C(=O)O)C(C)CC.C=CC(=O)OC(C)CC. The lowest BCUT2D eigenvalue weighted by atomic mass is 10.0. The van der Waals surface area contributed by atoms with Crippen LogP contribution in [0.3, 0.4) is 0 Å². The van der Waals surface area contributed by atoms with Crippen molar-refractivity contribution in [1.82, 2.24) is 0 Å². The van der Waals surface area contributed by atoms with Gasteiger partial charge in [-0.1, -0.05) is 33.9 Å². The van der Waals surface area contributed by atoms with E-state index < -0.39 is 5.97 Å². The van der Waals surface area contributed by atoms with Crippen LogP contribution in [-0.2, 0) is 14.3 Å². The van der Waals surface area contributed by atoms with Crippen molar-refractivity contribution in [2.75, 3.05) is 0 Å². The summed E-state index contributed by atoms with van der Waals surface area (Å²) in [5.41, 5.74) is 0.303. The number of aliphatic carboxylic acids is 1. The first-order valence-electron chi connectivity index (χ1n) is 6.05. The van der Waals surface area contributed by atoms with Crippen molar-refractivity contribution in [2.45, 2.75) is 46.6 Å². The van der Waals surface area contributed by atoms with Crippen molar-refractivity contribution in [2.24, 2.45) is 5.92 Å². The third-order valence-corrected chi connectivity index (χ3v) is 2.54. The van der Waals surface area contributed by atoms with Crippen LogP contribution in [0.15, 0.2) is 24.8 Å². The number of esters is 1. The van der Waals surface area contributed by atoms with Gasteiger partial charge in [0.15, 0.2) is 0 Å². The third kappa shape index (κ3) is 9.63. The van der Waals surface area contributed by atoms with E-state index in [4.69, 9.17) is 9.84 Å². The van der Waals surface area contributed by atoms with Gasteiger partial charge in [0.2, 0.25) is 0 Å². The fourth-order valence-electron chi connectivity index (χ4n) is 0.787. The standard InChI is InChI=1S/2C7H12O2/c1-4-6(3)9-7(8)5-2;1-4-5(2)6(3)7(8)9/h5-6H,2,4H2,1,3H3;5H,3-4H2,1-2H3,(H,8,9). The smallest absolute Gasteiger partial charge is 0.331 e. The van der Waals surface area contributed by atoms with Crippen molar-refractivity contribution >= 4 is 11.9 Å². The predicted octanol–water partition coefficient (Wildman–Crippen LogP) is 3.19. The Kier molecular flexibility index (Phi) is 11.0. The molecule has 4 heteroatoms. The molecule has 18 heavy (non-hydrogen) atoms. The molecule has 1 N–H and O–H groups in total. The van der Waals surface area contributed by atoms with Crippen LogP contribution in [0.25, 0.3) is 0 Å². The molecule has 4 nitrogen and oxygen atoms in total. The number of hydrogen-bond donors (Lipinski definition) is 1. The lowest BCUT2D eigenvalue weighted by Crippen LogP contribution is -2.10. The predicted molar refractivity (Wildman–Crippen MR) is 72.3 cm³/mol. The molecule has 0 radical (unpaired) electrons. The summed E-state index contributed by atoms with van der Waals surface area (Å²) in [6, 6.07) is 0. The molecule has 0 aromatic carbocycles. The molecular formula is C14H24O4. The van der Waals surface area contributed by atoms with Crippen molar-refractivity contribution in [1.29, 1.82) is 0 Å². The molecule has 0 amide bonds. The number of hydrogen-bond acceptors (Lipinski definition) is 3. The van der Waals surface area contributed by atoms with Crippen LogP contribution in [0, 0.1) is 5.92 Å². The zero-order valence-electron chi connectivity index (χ0n) is 11.7. The maximum absolute atomic E-state index is 10.4. The van der Waals surface area contributed by atoms with Crippen molar-refractivity contribution in [3.05, 3.63) is 24.8 Å². The molecule has 0 aromatic heterocycles. The molecule has 0 heterocycles. The van der Waals surface area contributed by atoms with Gasteiger partial charge in [0.25, 0.3) is 0 Å². The number of rotatable bonds is 6. The van der Waals surface area contributed by atoms with E-state index in [0.717, 1.165) is 12.8 Å². The van der Waals surface area contributed by atoms with E-state index in [2.05, 4.69) is 13.2 Å². The first kappa shape index (κ1) is 18.8. The third-order valence-electron chi connectivity index (χ3n) is 2.54. The Morgan fingerprint density at radius 3 is 2.00 bits per heavy atom. The van der Waals surface area contributed by atoms with Gasteiger partial charge in [-0.2, -0.15) is 0 Å². The number of carbonyl (C=O) groups excluding carboxylic acids is 1. The second kappa shape index (κ2) is 10.6. The molecule has 0 aliphatic rings. The Bertz CT molecular complexity index is 292. The van der Waals surface area contributed by atoms with Crippen molar-refractivity contribution < 1.29 is 19.4 Å². The first-order valence-corrected chi connectivity index (χ1v) is 6.05. The Morgan fingerprint density at radius 2 is 1.78 bits per heavy atom. The molecule has 0 spiro atoms. The second-order valence-electron chi connectivity index (χ2n) is 4.00. The molecule has 104 valence electrons. The van der Waals surface area contributed by atoms with Crippen LogP contribution in [0.2, 0.25) is 0 Å². The number of carboxylic acids is 1. The minimum absolute atomic E-state index is 0.00972. The van der Waals surface area contributed by atoms with E-state index in [1.165, 1.54) is 6.08 Å². The Hall–Kier alpha value is -1.58. The van der Waals surface area contributed by atoms with Crippen LogP contribution in [0.5, 0.6) is 0 Å². The van der Waals surface area contributed by atoms with E-state index in [9.17, 15) is 9.59 Å². The van der Waals surface area contributed by atoms with E-state index in [0.29, 0.717) is 5.57 Å². The van der Waals surface area contributed by atoms with Gasteiger partial charge in [-0.15, -0.1) is 0 Å². The summed E-state index contributed by atoms with van der Waals surface area (Å²) in [5.74, 6) is -1.13. The molecule has 0 saturated heterocycles. The first-order chi connectivity index (χ1) is 8.29. The zero-order chi connectivity index (χ0) is 14.7. The molecule has 2 unspecified atom stereocenters. The highest BCUT2D eigenvalue weighted by Crippen LogP contribution is 2.11.